The predicted molar refractivity (Wildman–Crippen MR) is 102 cm³/mol. The summed E-state index contributed by atoms with van der Waals surface area (Å²) in [5, 5.41) is 8.17. The van der Waals surface area contributed by atoms with Crippen LogP contribution in [0.25, 0.3) is 10.8 Å². The molecule has 0 aliphatic carbocycles. The van der Waals surface area contributed by atoms with Gasteiger partial charge in [0.2, 0.25) is 0 Å². The molecule has 0 radical (unpaired) electrons. The number of aromatic nitrogens is 2. The van der Waals surface area contributed by atoms with Gasteiger partial charge < -0.3 is 9.47 Å². The average Bonchev–Trinajstić information content (AvgIpc) is 2.71. The highest BCUT2D eigenvalue weighted by atomic mass is 19.3. The quantitative estimate of drug-likeness (QED) is 0.348. The standard InChI is InChI=1S/C19H14F4N4O4/c1-27-17(29)13-5-3-2-4-12(13)15(26-27)16(28)25-24-9-10-6-7-11(30-18(20)21)8-14(10)31-19(22)23/h2-9,18-19H,1H3,(H,25,28)/b24-9+. The molecule has 0 aliphatic heterocycles. The van der Waals surface area contributed by atoms with Crippen molar-refractivity contribution in [3.63, 3.8) is 0 Å². The highest BCUT2D eigenvalue weighted by Crippen LogP contribution is 2.26. The van der Waals surface area contributed by atoms with Gasteiger partial charge >= 0.3 is 13.2 Å². The first-order valence-corrected chi connectivity index (χ1v) is 8.59. The van der Waals surface area contributed by atoms with Crippen LogP contribution in [0.15, 0.2) is 52.4 Å². The van der Waals surface area contributed by atoms with Crippen molar-refractivity contribution in [3.8, 4) is 11.5 Å². The molecule has 12 heteroatoms. The molecule has 3 aromatic rings. The summed E-state index contributed by atoms with van der Waals surface area (Å²) in [5.74, 6) is -1.65. The highest BCUT2D eigenvalue weighted by molar-refractivity contribution is 6.05. The van der Waals surface area contributed by atoms with Crippen molar-refractivity contribution in [1.82, 2.24) is 15.2 Å². The summed E-state index contributed by atoms with van der Waals surface area (Å²) < 4.78 is 59.3. The Hall–Kier alpha value is -3.96. The first-order valence-electron chi connectivity index (χ1n) is 8.59. The monoisotopic (exact) mass is 438 g/mol. The SMILES string of the molecule is Cn1nc(C(=O)N/N=C/c2ccc(OC(F)F)cc2OC(F)F)c2ccccc2c1=O. The Morgan fingerprint density at radius 2 is 1.77 bits per heavy atom. The molecular formula is C19H14F4N4O4. The molecule has 0 unspecified atom stereocenters. The Labute approximate surface area is 171 Å². The molecule has 1 N–H and O–H groups in total. The minimum atomic E-state index is -3.23. The molecule has 31 heavy (non-hydrogen) atoms. The third-order valence-corrected chi connectivity index (χ3v) is 3.97. The van der Waals surface area contributed by atoms with Crippen LogP contribution in [-0.4, -0.2) is 35.1 Å². The summed E-state index contributed by atoms with van der Waals surface area (Å²) in [7, 11) is 1.38. The number of ether oxygens (including phenoxy) is 2. The fourth-order valence-electron chi connectivity index (χ4n) is 2.68. The van der Waals surface area contributed by atoms with E-state index < -0.39 is 36.2 Å². The lowest BCUT2D eigenvalue weighted by molar-refractivity contribution is -0.0543. The van der Waals surface area contributed by atoms with Crippen LogP contribution in [0.5, 0.6) is 11.5 Å². The Morgan fingerprint density at radius 1 is 1.10 bits per heavy atom. The largest absolute Gasteiger partial charge is 0.435 e. The van der Waals surface area contributed by atoms with Crippen molar-refractivity contribution >= 4 is 22.9 Å². The highest BCUT2D eigenvalue weighted by Gasteiger charge is 2.16. The van der Waals surface area contributed by atoms with Gasteiger partial charge in [-0.2, -0.15) is 27.8 Å². The summed E-state index contributed by atoms with van der Waals surface area (Å²) >= 11 is 0. The van der Waals surface area contributed by atoms with Gasteiger partial charge in [0.1, 0.15) is 11.5 Å². The van der Waals surface area contributed by atoms with E-state index in [1.165, 1.54) is 13.1 Å². The van der Waals surface area contributed by atoms with Crippen molar-refractivity contribution in [3.05, 3.63) is 64.1 Å². The van der Waals surface area contributed by atoms with Gasteiger partial charge in [-0.1, -0.05) is 18.2 Å². The van der Waals surface area contributed by atoms with Crippen molar-refractivity contribution in [2.75, 3.05) is 0 Å². The van der Waals surface area contributed by atoms with E-state index in [-0.39, 0.29) is 16.6 Å². The number of hydrazone groups is 1. The number of hydrogen-bond donors (Lipinski definition) is 1. The van der Waals surface area contributed by atoms with E-state index in [2.05, 4.69) is 25.1 Å². The van der Waals surface area contributed by atoms with E-state index >= 15 is 0 Å². The number of nitrogens with one attached hydrogen (secondary N) is 1. The minimum Gasteiger partial charge on any atom is -0.435 e. The number of amides is 1. The second-order valence-electron chi connectivity index (χ2n) is 5.98. The van der Waals surface area contributed by atoms with Crippen LogP contribution in [0.2, 0.25) is 0 Å². The van der Waals surface area contributed by atoms with Crippen LogP contribution in [0.3, 0.4) is 0 Å². The van der Waals surface area contributed by atoms with Gasteiger partial charge in [-0.25, -0.2) is 10.1 Å². The van der Waals surface area contributed by atoms with E-state index in [0.29, 0.717) is 5.39 Å². The van der Waals surface area contributed by atoms with E-state index in [0.717, 1.165) is 29.1 Å². The maximum atomic E-state index is 12.6. The Morgan fingerprint density at radius 3 is 2.45 bits per heavy atom. The van der Waals surface area contributed by atoms with Crippen LogP contribution >= 0.6 is 0 Å². The summed E-state index contributed by atoms with van der Waals surface area (Å²) in [6.07, 6.45) is 0.978. The summed E-state index contributed by atoms with van der Waals surface area (Å²) in [4.78, 5) is 24.6. The second kappa shape index (κ2) is 9.24. The van der Waals surface area contributed by atoms with Gasteiger partial charge in [0, 0.05) is 24.1 Å². The van der Waals surface area contributed by atoms with Gasteiger partial charge in [0.15, 0.2) is 5.69 Å². The van der Waals surface area contributed by atoms with Gasteiger partial charge in [-0.3, -0.25) is 9.59 Å². The molecule has 0 saturated carbocycles. The van der Waals surface area contributed by atoms with E-state index in [9.17, 15) is 27.2 Å². The molecule has 8 nitrogen and oxygen atoms in total. The number of carbonyl (C=O) groups excluding carboxylic acids is 1. The molecular weight excluding hydrogens is 424 g/mol. The van der Waals surface area contributed by atoms with E-state index in [4.69, 9.17) is 0 Å². The number of benzene rings is 2. The maximum Gasteiger partial charge on any atom is 0.387 e. The Balaban J connectivity index is 1.85. The van der Waals surface area contributed by atoms with Gasteiger partial charge in [0.05, 0.1) is 11.6 Å². The molecule has 0 saturated heterocycles. The summed E-state index contributed by atoms with van der Waals surface area (Å²) in [6, 6.07) is 9.41. The summed E-state index contributed by atoms with van der Waals surface area (Å²) in [5.41, 5.74) is 1.65. The maximum absolute atomic E-state index is 12.6. The fourth-order valence-corrected chi connectivity index (χ4v) is 2.68. The number of rotatable bonds is 7. The number of aryl methyl sites for hydroxylation is 1. The second-order valence-corrected chi connectivity index (χ2v) is 5.98. The molecule has 0 bridgehead atoms. The van der Waals surface area contributed by atoms with E-state index in [1.54, 1.807) is 18.2 Å². The van der Waals surface area contributed by atoms with Crippen LogP contribution in [-0.2, 0) is 7.05 Å². The fraction of sp³-hybridized carbons (Fsp3) is 0.158. The molecule has 1 amide bonds. The smallest absolute Gasteiger partial charge is 0.387 e. The lowest BCUT2D eigenvalue weighted by Gasteiger charge is -2.11. The number of fused-ring (bicyclic) bond motifs is 1. The van der Waals surface area contributed by atoms with Gasteiger partial charge in [-0.15, -0.1) is 0 Å². The van der Waals surface area contributed by atoms with Crippen molar-refractivity contribution < 1.29 is 31.8 Å². The zero-order valence-corrected chi connectivity index (χ0v) is 15.8. The zero-order valence-electron chi connectivity index (χ0n) is 15.8. The lowest BCUT2D eigenvalue weighted by Crippen LogP contribution is -2.27. The molecule has 3 rings (SSSR count). The minimum absolute atomic E-state index is 0.0412. The molecule has 1 heterocycles. The first kappa shape index (κ1) is 21.7. The molecule has 162 valence electrons. The topological polar surface area (TPSA) is 94.8 Å². The first-order chi connectivity index (χ1) is 14.8. The number of nitrogens with zero attached hydrogens (tertiary/aromatic N) is 3. The number of halogens is 4. The number of carbonyl (C=O) groups is 1. The lowest BCUT2D eigenvalue weighted by atomic mass is 10.1. The van der Waals surface area contributed by atoms with Crippen LogP contribution in [0.4, 0.5) is 17.6 Å². The summed E-state index contributed by atoms with van der Waals surface area (Å²) in [6.45, 7) is -6.38. The van der Waals surface area contributed by atoms with Crippen LogP contribution in [0, 0.1) is 0 Å². The van der Waals surface area contributed by atoms with E-state index in [1.807, 2.05) is 0 Å². The molecule has 1 aromatic heterocycles. The Bertz CT molecular complexity index is 1200. The molecule has 0 aliphatic rings. The predicted octanol–water partition coefficient (Wildman–Crippen LogP) is 2.90. The third-order valence-electron chi connectivity index (χ3n) is 3.97. The van der Waals surface area contributed by atoms with Crippen molar-refractivity contribution in [2.24, 2.45) is 12.1 Å². The molecule has 0 spiro atoms. The molecule has 0 fully saturated rings. The van der Waals surface area contributed by atoms with Crippen molar-refractivity contribution in [1.29, 1.82) is 0 Å². The van der Waals surface area contributed by atoms with Crippen LogP contribution < -0.4 is 20.5 Å². The third kappa shape index (κ3) is 5.15. The molecule has 2 aromatic carbocycles. The molecule has 0 atom stereocenters. The van der Waals surface area contributed by atoms with Crippen LogP contribution in [0.1, 0.15) is 16.1 Å². The van der Waals surface area contributed by atoms with Gasteiger partial charge in [-0.05, 0) is 18.2 Å². The number of hydrogen-bond acceptors (Lipinski definition) is 6. The number of alkyl halides is 4. The average molecular weight is 438 g/mol. The van der Waals surface area contributed by atoms with Gasteiger partial charge in [0.25, 0.3) is 11.5 Å². The van der Waals surface area contributed by atoms with Crippen molar-refractivity contribution in [2.45, 2.75) is 13.2 Å². The zero-order chi connectivity index (χ0) is 22.5. The normalized spacial score (nSPS) is 11.5. The Kier molecular flexibility index (Phi) is 6.48.